The van der Waals surface area contributed by atoms with E-state index < -0.39 is 17.8 Å². The number of benzene rings is 1. The van der Waals surface area contributed by atoms with Crippen LogP contribution in [0.3, 0.4) is 0 Å². The number of amides is 2. The van der Waals surface area contributed by atoms with Crippen molar-refractivity contribution in [3.63, 3.8) is 0 Å². The van der Waals surface area contributed by atoms with Crippen LogP contribution in [0.2, 0.25) is 0 Å². The fourth-order valence-corrected chi connectivity index (χ4v) is 1.51. The SMILES string of the molecule is CCN(CCC(=O)O)C(=O)Nc1ccc(C#N)cc1F. The van der Waals surface area contributed by atoms with Crippen LogP contribution in [0.25, 0.3) is 0 Å². The van der Waals surface area contributed by atoms with Gasteiger partial charge in [-0.3, -0.25) is 4.79 Å². The molecule has 7 heteroatoms. The monoisotopic (exact) mass is 279 g/mol. The summed E-state index contributed by atoms with van der Waals surface area (Å²) in [6, 6.07) is 4.89. The lowest BCUT2D eigenvalue weighted by molar-refractivity contribution is -0.137. The van der Waals surface area contributed by atoms with Crippen LogP contribution in [0.1, 0.15) is 18.9 Å². The maximum Gasteiger partial charge on any atom is 0.321 e. The molecule has 20 heavy (non-hydrogen) atoms. The van der Waals surface area contributed by atoms with Crippen LogP contribution in [-0.4, -0.2) is 35.1 Å². The summed E-state index contributed by atoms with van der Waals surface area (Å²) < 4.78 is 13.6. The Morgan fingerprint density at radius 3 is 2.70 bits per heavy atom. The first kappa shape index (κ1) is 15.4. The highest BCUT2D eigenvalue weighted by Gasteiger charge is 2.15. The van der Waals surface area contributed by atoms with Gasteiger partial charge in [0, 0.05) is 13.1 Å². The van der Waals surface area contributed by atoms with E-state index >= 15 is 0 Å². The van der Waals surface area contributed by atoms with E-state index in [2.05, 4.69) is 5.32 Å². The zero-order valence-corrected chi connectivity index (χ0v) is 10.9. The number of hydrogen-bond acceptors (Lipinski definition) is 3. The molecule has 2 amide bonds. The zero-order valence-electron chi connectivity index (χ0n) is 10.9. The minimum Gasteiger partial charge on any atom is -0.481 e. The Morgan fingerprint density at radius 1 is 1.50 bits per heavy atom. The molecule has 0 atom stereocenters. The number of urea groups is 1. The van der Waals surface area contributed by atoms with E-state index in [4.69, 9.17) is 10.4 Å². The van der Waals surface area contributed by atoms with Gasteiger partial charge in [-0.2, -0.15) is 5.26 Å². The van der Waals surface area contributed by atoms with Gasteiger partial charge in [0.15, 0.2) is 0 Å². The highest BCUT2D eigenvalue weighted by atomic mass is 19.1. The highest BCUT2D eigenvalue weighted by Crippen LogP contribution is 2.16. The van der Waals surface area contributed by atoms with Crippen LogP contribution < -0.4 is 5.32 Å². The number of carboxylic acid groups (broad SMARTS) is 1. The lowest BCUT2D eigenvalue weighted by atomic mass is 10.2. The second-order valence-corrected chi connectivity index (χ2v) is 3.96. The van der Waals surface area contributed by atoms with Gasteiger partial charge in [-0.15, -0.1) is 0 Å². The molecule has 2 N–H and O–H groups in total. The molecular formula is C13H14FN3O3. The Hall–Kier alpha value is -2.62. The quantitative estimate of drug-likeness (QED) is 0.862. The normalized spacial score (nSPS) is 9.65. The van der Waals surface area contributed by atoms with E-state index in [0.29, 0.717) is 6.54 Å². The summed E-state index contributed by atoms with van der Waals surface area (Å²) in [6.07, 6.45) is -0.183. The first-order valence-electron chi connectivity index (χ1n) is 5.95. The van der Waals surface area contributed by atoms with Crippen LogP contribution >= 0.6 is 0 Å². The number of hydrogen-bond donors (Lipinski definition) is 2. The van der Waals surface area contributed by atoms with Crippen molar-refractivity contribution in [1.29, 1.82) is 5.26 Å². The highest BCUT2D eigenvalue weighted by molar-refractivity contribution is 5.89. The van der Waals surface area contributed by atoms with Crippen LogP contribution in [-0.2, 0) is 4.79 Å². The third kappa shape index (κ3) is 4.24. The van der Waals surface area contributed by atoms with E-state index in [-0.39, 0.29) is 24.2 Å². The average molecular weight is 279 g/mol. The van der Waals surface area contributed by atoms with Gasteiger partial charge in [-0.1, -0.05) is 0 Å². The fraction of sp³-hybridized carbons (Fsp3) is 0.308. The molecule has 0 bridgehead atoms. The zero-order chi connectivity index (χ0) is 15.1. The predicted octanol–water partition coefficient (Wildman–Crippen LogP) is 2.03. The molecule has 0 aliphatic rings. The van der Waals surface area contributed by atoms with Crippen molar-refractivity contribution in [2.45, 2.75) is 13.3 Å². The van der Waals surface area contributed by atoms with Crippen LogP contribution in [0.5, 0.6) is 0 Å². The molecule has 0 heterocycles. The second-order valence-electron chi connectivity index (χ2n) is 3.96. The van der Waals surface area contributed by atoms with Gasteiger partial charge in [0.05, 0.1) is 23.7 Å². The number of nitrogens with one attached hydrogen (secondary N) is 1. The van der Waals surface area contributed by atoms with Crippen LogP contribution in [0, 0.1) is 17.1 Å². The smallest absolute Gasteiger partial charge is 0.321 e. The Labute approximate surface area is 115 Å². The van der Waals surface area contributed by atoms with Gasteiger partial charge in [-0.25, -0.2) is 9.18 Å². The van der Waals surface area contributed by atoms with E-state index in [1.807, 2.05) is 0 Å². The van der Waals surface area contributed by atoms with E-state index in [1.54, 1.807) is 13.0 Å². The third-order valence-electron chi connectivity index (χ3n) is 2.60. The summed E-state index contributed by atoms with van der Waals surface area (Å²) in [7, 11) is 0. The van der Waals surface area contributed by atoms with Crippen LogP contribution in [0.15, 0.2) is 18.2 Å². The third-order valence-corrected chi connectivity index (χ3v) is 2.60. The molecule has 1 aromatic rings. The van der Waals surface area contributed by atoms with E-state index in [0.717, 1.165) is 6.07 Å². The number of anilines is 1. The van der Waals surface area contributed by atoms with Crippen molar-refractivity contribution >= 4 is 17.7 Å². The predicted molar refractivity (Wildman–Crippen MR) is 69.6 cm³/mol. The second kappa shape index (κ2) is 7.09. The number of carbonyl (C=O) groups is 2. The minimum atomic E-state index is -1.01. The number of rotatable bonds is 5. The molecule has 0 aromatic heterocycles. The molecule has 0 aliphatic heterocycles. The molecule has 0 aliphatic carbocycles. The number of nitriles is 1. The lowest BCUT2D eigenvalue weighted by Crippen LogP contribution is -2.36. The molecular weight excluding hydrogens is 265 g/mol. The number of halogens is 1. The Bertz CT molecular complexity index is 554. The molecule has 0 radical (unpaired) electrons. The van der Waals surface area contributed by atoms with E-state index in [9.17, 15) is 14.0 Å². The summed E-state index contributed by atoms with van der Waals surface area (Å²) in [5.74, 6) is -1.73. The van der Waals surface area contributed by atoms with E-state index in [1.165, 1.54) is 17.0 Å². The van der Waals surface area contributed by atoms with Gasteiger partial charge >= 0.3 is 12.0 Å². The molecule has 6 nitrogen and oxygen atoms in total. The van der Waals surface area contributed by atoms with Crippen molar-refractivity contribution in [2.75, 3.05) is 18.4 Å². The first-order chi connectivity index (χ1) is 9.47. The molecule has 1 aromatic carbocycles. The fourth-order valence-electron chi connectivity index (χ4n) is 1.51. The first-order valence-corrected chi connectivity index (χ1v) is 5.95. The van der Waals surface area contributed by atoms with Crippen molar-refractivity contribution in [2.24, 2.45) is 0 Å². The summed E-state index contributed by atoms with van der Waals surface area (Å²) in [5.41, 5.74) is 0.0986. The molecule has 1 rings (SSSR count). The van der Waals surface area contributed by atoms with Crippen molar-refractivity contribution in [3.05, 3.63) is 29.6 Å². The number of aliphatic carboxylic acids is 1. The van der Waals surface area contributed by atoms with Gasteiger partial charge in [-0.05, 0) is 25.1 Å². The average Bonchev–Trinajstić information content (AvgIpc) is 2.41. The number of carbonyl (C=O) groups excluding carboxylic acids is 1. The molecule has 0 spiro atoms. The van der Waals surface area contributed by atoms with Gasteiger partial charge in [0.1, 0.15) is 5.82 Å². The number of carboxylic acids is 1. The molecule has 0 saturated carbocycles. The van der Waals surface area contributed by atoms with Crippen molar-refractivity contribution in [1.82, 2.24) is 4.90 Å². The Morgan fingerprint density at radius 2 is 2.20 bits per heavy atom. The van der Waals surface area contributed by atoms with Crippen LogP contribution in [0.4, 0.5) is 14.9 Å². The maximum absolute atomic E-state index is 13.6. The number of nitrogens with zero attached hydrogens (tertiary/aromatic N) is 2. The Kier molecular flexibility index (Phi) is 5.47. The molecule has 106 valence electrons. The standard InChI is InChI=1S/C13H14FN3O3/c1-2-17(6-5-12(18)19)13(20)16-11-4-3-9(8-15)7-10(11)14/h3-4,7H,2,5-6H2,1H3,(H,16,20)(H,18,19). The van der Waals surface area contributed by atoms with Crippen molar-refractivity contribution < 1.29 is 19.1 Å². The maximum atomic E-state index is 13.6. The van der Waals surface area contributed by atoms with Crippen molar-refractivity contribution in [3.8, 4) is 6.07 Å². The topological polar surface area (TPSA) is 93.4 Å². The van der Waals surface area contributed by atoms with Gasteiger partial charge < -0.3 is 15.3 Å². The lowest BCUT2D eigenvalue weighted by Gasteiger charge is -2.20. The minimum absolute atomic E-state index is 0.0373. The summed E-state index contributed by atoms with van der Waals surface area (Å²) in [6.45, 7) is 2.03. The molecule has 0 saturated heterocycles. The van der Waals surface area contributed by atoms with Gasteiger partial charge in [0.25, 0.3) is 0 Å². The van der Waals surface area contributed by atoms with Gasteiger partial charge in [0.2, 0.25) is 0 Å². The molecule has 0 fully saturated rings. The Balaban J connectivity index is 2.73. The summed E-state index contributed by atoms with van der Waals surface area (Å²) in [5, 5.41) is 19.5. The summed E-state index contributed by atoms with van der Waals surface area (Å²) in [4.78, 5) is 23.6. The largest absolute Gasteiger partial charge is 0.481 e. The molecule has 0 unspecified atom stereocenters. The summed E-state index contributed by atoms with van der Waals surface area (Å²) >= 11 is 0.